The molecule has 1 saturated heterocycles. The molecule has 0 aromatic heterocycles. The van der Waals surface area contributed by atoms with E-state index >= 15 is 0 Å². The van der Waals surface area contributed by atoms with Gasteiger partial charge in [0.25, 0.3) is 0 Å². The van der Waals surface area contributed by atoms with Crippen LogP contribution in [0.15, 0.2) is 0 Å². The number of amides is 1. The summed E-state index contributed by atoms with van der Waals surface area (Å²) in [5.41, 5.74) is 5.08. The first-order valence-corrected chi connectivity index (χ1v) is 7.02. The zero-order chi connectivity index (χ0) is 12.9. The summed E-state index contributed by atoms with van der Waals surface area (Å²) in [5.74, 6) is 0.120. The van der Waals surface area contributed by atoms with E-state index in [-0.39, 0.29) is 5.91 Å². The Balaban J connectivity index is 2.74. The number of carbonyl (C=O) groups excluding carboxylic acids is 1. The topological polar surface area (TPSA) is 46.3 Å². The number of hydrogen-bond acceptors (Lipinski definition) is 2. The first kappa shape index (κ1) is 14.4. The summed E-state index contributed by atoms with van der Waals surface area (Å²) in [6, 6.07) is 0. The Bertz CT molecular complexity index is 285. The second-order valence-corrected chi connectivity index (χ2v) is 5.55. The van der Waals surface area contributed by atoms with Gasteiger partial charge in [-0.1, -0.05) is 38.4 Å². The van der Waals surface area contributed by atoms with Gasteiger partial charge < -0.3 is 10.6 Å². The van der Waals surface area contributed by atoms with Crippen LogP contribution in [0, 0.1) is 5.41 Å². The van der Waals surface area contributed by atoms with Gasteiger partial charge in [-0.25, -0.2) is 0 Å². The van der Waals surface area contributed by atoms with Crippen LogP contribution >= 0.6 is 12.2 Å². The minimum Gasteiger partial charge on any atom is -0.392 e. The predicted octanol–water partition coefficient (Wildman–Crippen LogP) is 2.48. The van der Waals surface area contributed by atoms with Crippen LogP contribution in [0.2, 0.25) is 0 Å². The summed E-state index contributed by atoms with van der Waals surface area (Å²) in [7, 11) is 0. The Labute approximate surface area is 110 Å². The zero-order valence-corrected chi connectivity index (χ0v) is 11.8. The molecule has 4 heteroatoms. The van der Waals surface area contributed by atoms with Crippen molar-refractivity contribution >= 4 is 23.1 Å². The molecule has 0 bridgehead atoms. The molecule has 1 unspecified atom stereocenters. The second kappa shape index (κ2) is 6.34. The fraction of sp³-hybridized carbons (Fsp3) is 0.846. The van der Waals surface area contributed by atoms with Gasteiger partial charge in [0.2, 0.25) is 5.91 Å². The second-order valence-electron chi connectivity index (χ2n) is 5.11. The predicted molar refractivity (Wildman–Crippen MR) is 74.8 cm³/mol. The van der Waals surface area contributed by atoms with E-state index in [1.165, 1.54) is 19.3 Å². The highest BCUT2D eigenvalue weighted by molar-refractivity contribution is 7.80. The molecule has 0 aromatic rings. The molecule has 0 aromatic carbocycles. The minimum atomic E-state index is -0.658. The van der Waals surface area contributed by atoms with Crippen molar-refractivity contribution in [2.24, 2.45) is 11.1 Å². The van der Waals surface area contributed by atoms with Crippen LogP contribution in [-0.4, -0.2) is 28.9 Å². The van der Waals surface area contributed by atoms with E-state index in [0.29, 0.717) is 11.4 Å². The maximum absolute atomic E-state index is 12.5. The van der Waals surface area contributed by atoms with E-state index in [1.54, 1.807) is 0 Å². The van der Waals surface area contributed by atoms with Gasteiger partial charge in [0.15, 0.2) is 0 Å². The lowest BCUT2D eigenvalue weighted by Gasteiger charge is -2.34. The minimum absolute atomic E-state index is 0.120. The highest BCUT2D eigenvalue weighted by Crippen LogP contribution is 2.26. The van der Waals surface area contributed by atoms with Gasteiger partial charge in [-0.2, -0.15) is 0 Å². The fourth-order valence-electron chi connectivity index (χ4n) is 2.23. The third kappa shape index (κ3) is 3.41. The van der Waals surface area contributed by atoms with Gasteiger partial charge in [-0.3, -0.25) is 4.79 Å². The van der Waals surface area contributed by atoms with Crippen LogP contribution in [0.1, 0.15) is 52.4 Å². The Kier molecular flexibility index (Phi) is 5.37. The number of thiocarbonyl (C=S) groups is 1. The van der Waals surface area contributed by atoms with Gasteiger partial charge in [-0.05, 0) is 26.2 Å². The Morgan fingerprint density at radius 2 is 1.71 bits per heavy atom. The molecule has 0 saturated carbocycles. The van der Waals surface area contributed by atoms with Crippen LogP contribution in [-0.2, 0) is 4.79 Å². The van der Waals surface area contributed by atoms with Crippen LogP contribution in [0.4, 0.5) is 0 Å². The van der Waals surface area contributed by atoms with Crippen molar-refractivity contribution in [3.63, 3.8) is 0 Å². The van der Waals surface area contributed by atoms with Crippen molar-refractivity contribution < 1.29 is 4.79 Å². The molecule has 1 fully saturated rings. The quantitative estimate of drug-likeness (QED) is 0.789. The third-order valence-corrected chi connectivity index (χ3v) is 4.32. The van der Waals surface area contributed by atoms with Gasteiger partial charge in [0, 0.05) is 13.1 Å². The number of hydrogen-bond donors (Lipinski definition) is 1. The van der Waals surface area contributed by atoms with Crippen LogP contribution in [0.3, 0.4) is 0 Å². The Morgan fingerprint density at radius 3 is 2.12 bits per heavy atom. The zero-order valence-electron chi connectivity index (χ0n) is 11.0. The van der Waals surface area contributed by atoms with Gasteiger partial charge in [0.05, 0.1) is 10.4 Å². The van der Waals surface area contributed by atoms with E-state index in [0.717, 1.165) is 25.9 Å². The molecule has 98 valence electrons. The highest BCUT2D eigenvalue weighted by Gasteiger charge is 2.37. The van der Waals surface area contributed by atoms with Gasteiger partial charge in [-0.15, -0.1) is 0 Å². The molecule has 17 heavy (non-hydrogen) atoms. The molecular weight excluding hydrogens is 232 g/mol. The summed E-state index contributed by atoms with van der Waals surface area (Å²) in [5, 5.41) is 0. The summed E-state index contributed by atoms with van der Waals surface area (Å²) in [6.45, 7) is 5.56. The molecule has 0 radical (unpaired) electrons. The normalized spacial score (nSPS) is 21.2. The molecule has 1 atom stereocenters. The fourth-order valence-corrected chi connectivity index (χ4v) is 2.46. The Morgan fingerprint density at radius 1 is 1.24 bits per heavy atom. The van der Waals surface area contributed by atoms with Crippen molar-refractivity contribution in [2.75, 3.05) is 13.1 Å². The van der Waals surface area contributed by atoms with Crippen LogP contribution in [0.5, 0.6) is 0 Å². The molecule has 1 aliphatic heterocycles. The smallest absolute Gasteiger partial charge is 0.235 e. The summed E-state index contributed by atoms with van der Waals surface area (Å²) < 4.78 is 0. The van der Waals surface area contributed by atoms with Crippen molar-refractivity contribution in [1.82, 2.24) is 4.90 Å². The lowest BCUT2D eigenvalue weighted by molar-refractivity contribution is -0.138. The van der Waals surface area contributed by atoms with E-state index < -0.39 is 5.41 Å². The van der Waals surface area contributed by atoms with Crippen molar-refractivity contribution in [1.29, 1.82) is 0 Å². The number of nitrogens with zero attached hydrogens (tertiary/aromatic N) is 1. The first-order valence-electron chi connectivity index (χ1n) is 6.61. The number of carbonyl (C=O) groups is 1. The van der Waals surface area contributed by atoms with Crippen LogP contribution in [0.25, 0.3) is 0 Å². The molecule has 0 aliphatic carbocycles. The average molecular weight is 256 g/mol. The van der Waals surface area contributed by atoms with Crippen molar-refractivity contribution in [3.8, 4) is 0 Å². The average Bonchev–Trinajstić information content (AvgIpc) is 2.26. The largest absolute Gasteiger partial charge is 0.392 e. The van der Waals surface area contributed by atoms with Gasteiger partial charge >= 0.3 is 0 Å². The standard InChI is InChI=1S/C13H24N2OS/c1-3-13(2,11(14)17)12(16)15-9-7-5-4-6-8-10-15/h3-10H2,1-2H3,(H2,14,17). The van der Waals surface area contributed by atoms with E-state index in [4.69, 9.17) is 18.0 Å². The molecule has 1 heterocycles. The third-order valence-electron chi connectivity index (χ3n) is 3.87. The van der Waals surface area contributed by atoms with Crippen molar-refractivity contribution in [3.05, 3.63) is 0 Å². The van der Waals surface area contributed by atoms with E-state index in [2.05, 4.69) is 0 Å². The monoisotopic (exact) mass is 256 g/mol. The maximum Gasteiger partial charge on any atom is 0.235 e. The molecular formula is C13H24N2OS. The summed E-state index contributed by atoms with van der Waals surface area (Å²) >= 11 is 5.07. The number of rotatable bonds is 3. The molecule has 2 N–H and O–H groups in total. The highest BCUT2D eigenvalue weighted by atomic mass is 32.1. The van der Waals surface area contributed by atoms with Crippen LogP contribution < -0.4 is 5.73 Å². The SMILES string of the molecule is CCC(C)(C(=O)N1CCCCCCC1)C(N)=S. The first-order chi connectivity index (χ1) is 8.02. The lowest BCUT2D eigenvalue weighted by atomic mass is 9.85. The summed E-state index contributed by atoms with van der Waals surface area (Å²) in [6.07, 6.45) is 6.62. The Hall–Kier alpha value is -0.640. The maximum atomic E-state index is 12.5. The molecule has 1 amide bonds. The van der Waals surface area contributed by atoms with E-state index in [9.17, 15) is 4.79 Å². The molecule has 3 nitrogen and oxygen atoms in total. The molecule has 0 spiro atoms. The summed E-state index contributed by atoms with van der Waals surface area (Å²) in [4.78, 5) is 14.8. The van der Waals surface area contributed by atoms with E-state index in [1.807, 2.05) is 18.7 Å². The molecule has 1 aliphatic rings. The van der Waals surface area contributed by atoms with Gasteiger partial charge in [0.1, 0.15) is 0 Å². The number of nitrogens with two attached hydrogens (primary N) is 1. The number of likely N-dealkylation sites (tertiary alicyclic amines) is 1. The van der Waals surface area contributed by atoms with Crippen molar-refractivity contribution in [2.45, 2.75) is 52.4 Å². The lowest BCUT2D eigenvalue weighted by Crippen LogP contribution is -2.49. The molecule has 1 rings (SSSR count).